The van der Waals surface area contributed by atoms with Gasteiger partial charge < -0.3 is 29.0 Å². The third-order valence-corrected chi connectivity index (χ3v) is 4.84. The molecule has 1 N–H and O–H groups in total. The van der Waals surface area contributed by atoms with Gasteiger partial charge in [0.05, 0.1) is 32.5 Å². The number of hydrogen-bond acceptors (Lipinski definition) is 7. The summed E-state index contributed by atoms with van der Waals surface area (Å²) in [6.07, 6.45) is 3.31. The Balaban J connectivity index is 1.80. The summed E-state index contributed by atoms with van der Waals surface area (Å²) >= 11 is 6.15. The molecule has 9 heteroatoms. The van der Waals surface area contributed by atoms with Crippen molar-refractivity contribution in [3.8, 4) is 23.0 Å². The van der Waals surface area contributed by atoms with Gasteiger partial charge in [-0.1, -0.05) is 17.7 Å². The van der Waals surface area contributed by atoms with Gasteiger partial charge >= 0.3 is 5.97 Å². The third kappa shape index (κ3) is 8.19. The van der Waals surface area contributed by atoms with E-state index in [1.807, 2.05) is 32.0 Å². The second kappa shape index (κ2) is 14.0. The highest BCUT2D eigenvalue weighted by Crippen LogP contribution is 2.36. The van der Waals surface area contributed by atoms with E-state index in [9.17, 15) is 9.59 Å². The Morgan fingerprint density at radius 1 is 0.971 bits per heavy atom. The highest BCUT2D eigenvalue weighted by Gasteiger charge is 2.11. The Morgan fingerprint density at radius 2 is 1.71 bits per heavy atom. The van der Waals surface area contributed by atoms with Crippen molar-refractivity contribution >= 4 is 29.6 Å². The highest BCUT2D eigenvalue weighted by molar-refractivity contribution is 6.32. The Kier molecular flexibility index (Phi) is 11.1. The first-order chi connectivity index (χ1) is 16.4. The fraction of sp³-hybridized carbons (Fsp3) is 0.360. The summed E-state index contributed by atoms with van der Waals surface area (Å²) in [7, 11) is 2.97. The molecule has 0 heterocycles. The molecule has 0 aliphatic heterocycles. The Morgan fingerprint density at radius 3 is 2.38 bits per heavy atom. The minimum atomic E-state index is -0.658. The van der Waals surface area contributed by atoms with Crippen LogP contribution in [0.1, 0.15) is 25.0 Å². The molecule has 2 rings (SSSR count). The maximum Gasteiger partial charge on any atom is 0.331 e. The molecule has 8 nitrogen and oxygen atoms in total. The average Bonchev–Trinajstić information content (AvgIpc) is 2.82. The van der Waals surface area contributed by atoms with Crippen LogP contribution in [0.25, 0.3) is 6.08 Å². The van der Waals surface area contributed by atoms with Gasteiger partial charge in [0.15, 0.2) is 29.6 Å². The van der Waals surface area contributed by atoms with E-state index in [0.717, 1.165) is 5.56 Å². The van der Waals surface area contributed by atoms with E-state index < -0.39 is 11.9 Å². The lowest BCUT2D eigenvalue weighted by Crippen LogP contribution is -2.30. The molecule has 0 saturated heterocycles. The molecule has 34 heavy (non-hydrogen) atoms. The van der Waals surface area contributed by atoms with Gasteiger partial charge in [-0.25, -0.2) is 4.79 Å². The van der Waals surface area contributed by atoms with Crippen LogP contribution in [-0.2, 0) is 20.7 Å². The number of nitrogens with one attached hydrogen (secondary N) is 1. The third-order valence-electron chi connectivity index (χ3n) is 4.56. The first-order valence-corrected chi connectivity index (χ1v) is 11.2. The van der Waals surface area contributed by atoms with Crippen LogP contribution >= 0.6 is 11.6 Å². The minimum Gasteiger partial charge on any atom is -0.493 e. The fourth-order valence-corrected chi connectivity index (χ4v) is 3.33. The molecule has 1 amide bonds. The Hall–Kier alpha value is -3.39. The van der Waals surface area contributed by atoms with Gasteiger partial charge in [0, 0.05) is 12.6 Å². The molecule has 0 radical (unpaired) electrons. The lowest BCUT2D eigenvalue weighted by atomic mass is 10.1. The zero-order chi connectivity index (χ0) is 24.9. The topological polar surface area (TPSA) is 92.3 Å². The van der Waals surface area contributed by atoms with Crippen LogP contribution in [0.15, 0.2) is 36.4 Å². The number of carbonyl (C=O) groups is 2. The first-order valence-electron chi connectivity index (χ1n) is 10.8. The molecule has 0 aliphatic rings. The lowest BCUT2D eigenvalue weighted by molar-refractivity contribution is -0.143. The normalized spacial score (nSPS) is 10.6. The smallest absolute Gasteiger partial charge is 0.331 e. The van der Waals surface area contributed by atoms with Crippen LogP contribution in [-0.4, -0.2) is 52.5 Å². The molecule has 184 valence electrons. The number of halogens is 1. The van der Waals surface area contributed by atoms with Crippen molar-refractivity contribution in [3.63, 3.8) is 0 Å². The van der Waals surface area contributed by atoms with Crippen LogP contribution in [0, 0.1) is 0 Å². The quantitative estimate of drug-likeness (QED) is 0.333. The van der Waals surface area contributed by atoms with E-state index >= 15 is 0 Å². The standard InChI is InChI=1S/C25H30ClNO7/c1-5-32-20-9-7-17(14-21(20)33-6-2)11-12-27-23(28)16-34-24(29)10-8-18-13-19(26)25(31-4)22(15-18)30-3/h7-10,13-15H,5-6,11-12,16H2,1-4H3,(H,27,28)/b10-8+. The maximum atomic E-state index is 12.0. The summed E-state index contributed by atoms with van der Waals surface area (Å²) in [4.78, 5) is 24.0. The molecule has 0 unspecified atom stereocenters. The zero-order valence-corrected chi connectivity index (χ0v) is 20.6. The van der Waals surface area contributed by atoms with Crippen LogP contribution in [0.5, 0.6) is 23.0 Å². The van der Waals surface area contributed by atoms with E-state index in [-0.39, 0.29) is 6.61 Å². The van der Waals surface area contributed by atoms with Gasteiger partial charge in [-0.2, -0.15) is 0 Å². The van der Waals surface area contributed by atoms with Crippen molar-refractivity contribution in [2.24, 2.45) is 0 Å². The van der Waals surface area contributed by atoms with Crippen LogP contribution < -0.4 is 24.3 Å². The maximum absolute atomic E-state index is 12.0. The number of methoxy groups -OCH3 is 2. The van der Waals surface area contributed by atoms with Gasteiger partial charge in [0.1, 0.15) is 0 Å². The lowest BCUT2D eigenvalue weighted by Gasteiger charge is -2.12. The average molecular weight is 492 g/mol. The summed E-state index contributed by atoms with van der Waals surface area (Å²) in [5.74, 6) is 1.14. The van der Waals surface area contributed by atoms with E-state index in [2.05, 4.69) is 5.32 Å². The van der Waals surface area contributed by atoms with Crippen molar-refractivity contribution in [2.45, 2.75) is 20.3 Å². The number of hydrogen-bond donors (Lipinski definition) is 1. The van der Waals surface area contributed by atoms with E-state index in [1.165, 1.54) is 26.4 Å². The molecular formula is C25H30ClNO7. The fourth-order valence-electron chi connectivity index (χ4n) is 3.03. The Bertz CT molecular complexity index is 1010. The highest BCUT2D eigenvalue weighted by atomic mass is 35.5. The van der Waals surface area contributed by atoms with Gasteiger partial charge in [-0.3, -0.25) is 4.79 Å². The van der Waals surface area contributed by atoms with E-state index in [0.29, 0.717) is 59.8 Å². The molecule has 0 aromatic heterocycles. The van der Waals surface area contributed by atoms with Crippen molar-refractivity contribution < 1.29 is 33.3 Å². The Labute approximate surface area is 204 Å². The number of benzene rings is 2. The minimum absolute atomic E-state index is 0.343. The van der Waals surface area contributed by atoms with Crippen molar-refractivity contribution in [2.75, 3.05) is 40.6 Å². The predicted molar refractivity (Wildman–Crippen MR) is 130 cm³/mol. The summed E-state index contributed by atoms with van der Waals surface area (Å²) < 4.78 is 26.6. The van der Waals surface area contributed by atoms with E-state index in [1.54, 1.807) is 12.1 Å². The van der Waals surface area contributed by atoms with Crippen molar-refractivity contribution in [1.82, 2.24) is 5.32 Å². The van der Waals surface area contributed by atoms with Gasteiger partial charge in [-0.15, -0.1) is 0 Å². The summed E-state index contributed by atoms with van der Waals surface area (Å²) in [6.45, 7) is 4.89. The number of amides is 1. The zero-order valence-electron chi connectivity index (χ0n) is 19.8. The van der Waals surface area contributed by atoms with Gasteiger partial charge in [0.25, 0.3) is 5.91 Å². The summed E-state index contributed by atoms with van der Waals surface area (Å²) in [6, 6.07) is 8.96. The largest absolute Gasteiger partial charge is 0.493 e. The molecule has 0 fully saturated rings. The number of esters is 1. The SMILES string of the molecule is CCOc1ccc(CCNC(=O)COC(=O)/C=C/c2cc(Cl)c(OC)c(OC)c2)cc1OCC. The van der Waals surface area contributed by atoms with Crippen LogP contribution in [0.2, 0.25) is 5.02 Å². The van der Waals surface area contributed by atoms with Gasteiger partial charge in [0.2, 0.25) is 0 Å². The number of rotatable bonds is 13. The molecule has 2 aromatic carbocycles. The summed E-state index contributed by atoms with van der Waals surface area (Å²) in [5.41, 5.74) is 1.60. The van der Waals surface area contributed by atoms with Gasteiger partial charge in [-0.05, 0) is 61.7 Å². The molecule has 2 aromatic rings. The van der Waals surface area contributed by atoms with Crippen molar-refractivity contribution in [1.29, 1.82) is 0 Å². The second-order valence-electron chi connectivity index (χ2n) is 6.93. The molecule has 0 aliphatic carbocycles. The van der Waals surface area contributed by atoms with E-state index in [4.69, 9.17) is 35.3 Å². The second-order valence-corrected chi connectivity index (χ2v) is 7.33. The van der Waals surface area contributed by atoms with Crippen LogP contribution in [0.3, 0.4) is 0 Å². The molecule has 0 bridgehead atoms. The molecule has 0 spiro atoms. The summed E-state index contributed by atoms with van der Waals surface area (Å²) in [5, 5.41) is 3.07. The molecule has 0 atom stereocenters. The monoisotopic (exact) mass is 491 g/mol. The molecule has 0 saturated carbocycles. The number of ether oxygens (including phenoxy) is 5. The van der Waals surface area contributed by atoms with Crippen molar-refractivity contribution in [3.05, 3.63) is 52.6 Å². The number of carbonyl (C=O) groups excluding carboxylic acids is 2. The predicted octanol–water partition coefficient (Wildman–Crippen LogP) is 4.07. The molecular weight excluding hydrogens is 462 g/mol. The van der Waals surface area contributed by atoms with Crippen LogP contribution in [0.4, 0.5) is 0 Å². The first kappa shape index (κ1) is 26.9.